The summed E-state index contributed by atoms with van der Waals surface area (Å²) >= 11 is 7.22. The number of carboxylic acids is 1. The van der Waals surface area contributed by atoms with Gasteiger partial charge in [-0.05, 0) is 35.6 Å². The quantitative estimate of drug-likeness (QED) is 0.579. The van der Waals surface area contributed by atoms with Gasteiger partial charge in [0.05, 0.1) is 22.7 Å². The Bertz CT molecular complexity index is 1190. The topological polar surface area (TPSA) is 83.9 Å². The maximum absolute atomic E-state index is 13.0. The molecule has 0 fully saturated rings. The van der Waals surface area contributed by atoms with Crippen LogP contribution in [0.2, 0.25) is 5.02 Å². The number of ether oxygens (including phenoxy) is 1. The van der Waals surface area contributed by atoms with Crippen LogP contribution in [0.15, 0.2) is 47.8 Å². The highest BCUT2D eigenvalue weighted by molar-refractivity contribution is 7.12. The molecule has 4 rings (SSSR count). The Hall–Kier alpha value is -3.16. The van der Waals surface area contributed by atoms with E-state index < -0.39 is 17.8 Å². The van der Waals surface area contributed by atoms with Gasteiger partial charge >= 0.3 is 5.97 Å². The fourth-order valence-electron chi connectivity index (χ4n) is 3.35. The standard InChI is InChI=1S/C22H16ClNO5S/c1-12-3-2-4-13(7-12)10-29-15-5-6-16(23)17(9-15)24-18(25)8-14-11-30-20(22(27)28)19(14)21(24)26/h2-7,9,11H,8,10H2,1H3,(H,27,28). The lowest BCUT2D eigenvalue weighted by Gasteiger charge is -2.26. The number of imide groups is 1. The van der Waals surface area contributed by atoms with E-state index >= 15 is 0 Å². The molecule has 0 atom stereocenters. The number of benzene rings is 2. The Morgan fingerprint density at radius 2 is 2.03 bits per heavy atom. The molecule has 152 valence electrons. The molecule has 6 nitrogen and oxygen atoms in total. The summed E-state index contributed by atoms with van der Waals surface area (Å²) in [6.45, 7) is 2.30. The average Bonchev–Trinajstić information content (AvgIpc) is 3.12. The van der Waals surface area contributed by atoms with Gasteiger partial charge in [-0.15, -0.1) is 11.3 Å². The molecular weight excluding hydrogens is 426 g/mol. The van der Waals surface area contributed by atoms with Gasteiger partial charge in [-0.2, -0.15) is 0 Å². The number of halogens is 1. The fourth-order valence-corrected chi connectivity index (χ4v) is 4.45. The zero-order valence-electron chi connectivity index (χ0n) is 15.8. The highest BCUT2D eigenvalue weighted by Gasteiger charge is 2.37. The number of carbonyl (C=O) groups excluding carboxylic acids is 2. The molecule has 0 spiro atoms. The van der Waals surface area contributed by atoms with Crippen LogP contribution < -0.4 is 9.64 Å². The van der Waals surface area contributed by atoms with Crippen molar-refractivity contribution in [2.75, 3.05) is 4.90 Å². The van der Waals surface area contributed by atoms with Crippen LogP contribution in [0.25, 0.3) is 0 Å². The van der Waals surface area contributed by atoms with Crippen LogP contribution in [-0.4, -0.2) is 22.9 Å². The number of fused-ring (bicyclic) bond motifs is 1. The molecule has 1 aliphatic heterocycles. The monoisotopic (exact) mass is 441 g/mol. The van der Waals surface area contributed by atoms with Crippen molar-refractivity contribution in [3.63, 3.8) is 0 Å². The summed E-state index contributed by atoms with van der Waals surface area (Å²) < 4.78 is 5.82. The second-order valence-corrected chi connectivity index (χ2v) is 8.16. The second-order valence-electron chi connectivity index (χ2n) is 6.87. The molecule has 0 saturated carbocycles. The molecule has 0 aliphatic carbocycles. The molecule has 30 heavy (non-hydrogen) atoms. The molecule has 3 aromatic rings. The SMILES string of the molecule is Cc1cccc(COc2ccc(Cl)c(N3C(=O)Cc4csc(C(=O)O)c4C3=O)c2)c1. The number of thiophene rings is 1. The predicted molar refractivity (Wildman–Crippen MR) is 114 cm³/mol. The zero-order chi connectivity index (χ0) is 21.4. The minimum atomic E-state index is -1.20. The first-order chi connectivity index (χ1) is 14.3. The van der Waals surface area contributed by atoms with Gasteiger partial charge in [0.25, 0.3) is 5.91 Å². The predicted octanol–water partition coefficient (Wildman–Crippen LogP) is 4.72. The molecule has 2 aromatic carbocycles. The largest absolute Gasteiger partial charge is 0.489 e. The number of nitrogens with zero attached hydrogens (tertiary/aromatic N) is 1. The Kier molecular flexibility index (Phi) is 5.32. The summed E-state index contributed by atoms with van der Waals surface area (Å²) in [6.07, 6.45) is -0.0739. The molecule has 1 N–H and O–H groups in total. The number of amides is 2. The van der Waals surface area contributed by atoms with Crippen molar-refractivity contribution >= 4 is 46.4 Å². The van der Waals surface area contributed by atoms with Gasteiger partial charge in [0.2, 0.25) is 5.91 Å². The number of carboxylic acid groups (broad SMARTS) is 1. The van der Waals surface area contributed by atoms with Crippen LogP contribution in [0.1, 0.15) is 36.7 Å². The Morgan fingerprint density at radius 3 is 2.77 bits per heavy atom. The van der Waals surface area contributed by atoms with E-state index in [1.165, 1.54) is 11.4 Å². The number of hydrogen-bond donors (Lipinski definition) is 1. The first-order valence-electron chi connectivity index (χ1n) is 9.04. The lowest BCUT2D eigenvalue weighted by atomic mass is 10.0. The molecule has 1 aromatic heterocycles. The number of carbonyl (C=O) groups is 3. The highest BCUT2D eigenvalue weighted by atomic mass is 35.5. The molecule has 1 aliphatic rings. The van der Waals surface area contributed by atoms with Gasteiger partial charge in [0, 0.05) is 6.07 Å². The Labute approximate surface area is 181 Å². The van der Waals surface area contributed by atoms with Crippen LogP contribution >= 0.6 is 22.9 Å². The van der Waals surface area contributed by atoms with Crippen molar-refractivity contribution in [1.29, 1.82) is 0 Å². The molecule has 2 heterocycles. The number of aromatic carboxylic acids is 1. The van der Waals surface area contributed by atoms with Gasteiger partial charge in [0.15, 0.2) is 0 Å². The lowest BCUT2D eigenvalue weighted by Crippen LogP contribution is -2.42. The molecule has 8 heteroatoms. The van der Waals surface area contributed by atoms with Gasteiger partial charge in [-0.25, -0.2) is 9.69 Å². The molecule has 0 saturated heterocycles. The van der Waals surface area contributed by atoms with E-state index in [-0.39, 0.29) is 27.6 Å². The highest BCUT2D eigenvalue weighted by Crippen LogP contribution is 2.36. The van der Waals surface area contributed by atoms with Crippen molar-refractivity contribution in [3.05, 3.63) is 80.0 Å². The number of rotatable bonds is 5. The summed E-state index contributed by atoms with van der Waals surface area (Å²) in [5.74, 6) is -1.94. The van der Waals surface area contributed by atoms with E-state index in [9.17, 15) is 19.5 Å². The van der Waals surface area contributed by atoms with E-state index in [0.29, 0.717) is 17.9 Å². The maximum Gasteiger partial charge on any atom is 0.346 e. The van der Waals surface area contributed by atoms with Crippen LogP contribution in [0.4, 0.5) is 5.69 Å². The third-order valence-corrected chi connectivity index (χ3v) is 6.05. The summed E-state index contributed by atoms with van der Waals surface area (Å²) in [7, 11) is 0. The second kappa shape index (κ2) is 7.93. The molecule has 0 unspecified atom stereocenters. The summed E-state index contributed by atoms with van der Waals surface area (Å²) in [4.78, 5) is 38.1. The molecular formula is C22H16ClNO5S. The first kappa shape index (κ1) is 20.1. The van der Waals surface area contributed by atoms with Crippen molar-refractivity contribution < 1.29 is 24.2 Å². The van der Waals surface area contributed by atoms with Crippen molar-refractivity contribution in [1.82, 2.24) is 0 Å². The summed E-state index contributed by atoms with van der Waals surface area (Å²) in [5.41, 5.74) is 2.71. The van der Waals surface area contributed by atoms with Gasteiger partial charge in [-0.3, -0.25) is 9.59 Å². The zero-order valence-corrected chi connectivity index (χ0v) is 17.4. The minimum absolute atomic E-state index is 0.0363. The Morgan fingerprint density at radius 1 is 1.23 bits per heavy atom. The van der Waals surface area contributed by atoms with Crippen molar-refractivity contribution in [3.8, 4) is 5.75 Å². The van der Waals surface area contributed by atoms with Gasteiger partial charge < -0.3 is 9.84 Å². The third-order valence-electron chi connectivity index (χ3n) is 4.72. The molecule has 0 radical (unpaired) electrons. The molecule has 0 bridgehead atoms. The van der Waals surface area contributed by atoms with E-state index in [0.717, 1.165) is 27.4 Å². The van der Waals surface area contributed by atoms with E-state index in [4.69, 9.17) is 16.3 Å². The fraction of sp³-hybridized carbons (Fsp3) is 0.136. The summed E-state index contributed by atoms with van der Waals surface area (Å²) in [5, 5.41) is 11.1. The van der Waals surface area contributed by atoms with Crippen LogP contribution in [-0.2, 0) is 17.8 Å². The normalized spacial score (nSPS) is 13.3. The van der Waals surface area contributed by atoms with Crippen LogP contribution in [0.3, 0.4) is 0 Å². The van der Waals surface area contributed by atoms with E-state index in [1.807, 2.05) is 31.2 Å². The Balaban J connectivity index is 1.65. The smallest absolute Gasteiger partial charge is 0.346 e. The molecule has 2 amide bonds. The minimum Gasteiger partial charge on any atom is -0.489 e. The number of hydrogen-bond acceptors (Lipinski definition) is 5. The van der Waals surface area contributed by atoms with Crippen LogP contribution in [0.5, 0.6) is 5.75 Å². The third kappa shape index (κ3) is 3.69. The number of aryl methyl sites for hydroxylation is 1. The average molecular weight is 442 g/mol. The summed E-state index contributed by atoms with van der Waals surface area (Å²) in [6, 6.07) is 12.6. The van der Waals surface area contributed by atoms with E-state index in [1.54, 1.807) is 12.1 Å². The van der Waals surface area contributed by atoms with E-state index in [2.05, 4.69) is 0 Å². The first-order valence-corrected chi connectivity index (χ1v) is 10.3. The number of anilines is 1. The van der Waals surface area contributed by atoms with Crippen LogP contribution in [0, 0.1) is 6.92 Å². The van der Waals surface area contributed by atoms with Gasteiger partial charge in [-0.1, -0.05) is 41.4 Å². The lowest BCUT2D eigenvalue weighted by molar-refractivity contribution is -0.117. The van der Waals surface area contributed by atoms with Crippen molar-refractivity contribution in [2.45, 2.75) is 20.0 Å². The maximum atomic E-state index is 13.0. The van der Waals surface area contributed by atoms with Gasteiger partial charge in [0.1, 0.15) is 17.2 Å². The van der Waals surface area contributed by atoms with Crippen molar-refractivity contribution in [2.24, 2.45) is 0 Å².